The Bertz CT molecular complexity index is 745. The number of aliphatic carboxylic acids is 1. The van der Waals surface area contributed by atoms with Gasteiger partial charge in [0.15, 0.2) is 6.10 Å². The smallest absolute Gasteiger partial charge is 0.337 e. The van der Waals surface area contributed by atoms with Crippen molar-refractivity contribution in [1.29, 1.82) is 0 Å². The second-order valence-corrected chi connectivity index (χ2v) is 4.22. The Morgan fingerprint density at radius 2 is 1.78 bits per heavy atom. The first-order valence-electron chi connectivity index (χ1n) is 5.58. The van der Waals surface area contributed by atoms with Crippen LogP contribution in [0.2, 0.25) is 0 Å². The van der Waals surface area contributed by atoms with E-state index in [1.54, 1.807) is 12.1 Å². The lowest BCUT2D eigenvalue weighted by Gasteiger charge is -2.05. The zero-order valence-electron chi connectivity index (χ0n) is 9.42. The maximum atomic E-state index is 10.7. The van der Waals surface area contributed by atoms with Gasteiger partial charge in [-0.15, -0.1) is 0 Å². The molecule has 0 bridgehead atoms. The molecule has 0 fully saturated rings. The molecule has 2 aromatic carbocycles. The van der Waals surface area contributed by atoms with Gasteiger partial charge in [-0.3, -0.25) is 0 Å². The van der Waals surface area contributed by atoms with Crippen LogP contribution >= 0.6 is 0 Å². The van der Waals surface area contributed by atoms with Gasteiger partial charge in [-0.1, -0.05) is 30.3 Å². The fourth-order valence-corrected chi connectivity index (χ4v) is 2.18. The van der Waals surface area contributed by atoms with Gasteiger partial charge in [0, 0.05) is 21.8 Å². The van der Waals surface area contributed by atoms with E-state index in [-0.39, 0.29) is 0 Å². The van der Waals surface area contributed by atoms with Crippen molar-refractivity contribution in [2.75, 3.05) is 0 Å². The number of aliphatic hydroxyl groups is 1. The zero-order chi connectivity index (χ0) is 12.7. The molecule has 1 atom stereocenters. The predicted molar refractivity (Wildman–Crippen MR) is 68.4 cm³/mol. The number of carboxylic acid groups (broad SMARTS) is 1. The second kappa shape index (κ2) is 3.85. The molecule has 1 unspecified atom stereocenters. The summed E-state index contributed by atoms with van der Waals surface area (Å²) in [7, 11) is 0. The average molecular weight is 241 g/mol. The van der Waals surface area contributed by atoms with E-state index in [1.807, 2.05) is 30.3 Å². The highest BCUT2D eigenvalue weighted by Crippen LogP contribution is 2.27. The fraction of sp³-hybridized carbons (Fsp3) is 0.0714. The molecule has 0 aliphatic rings. The minimum Gasteiger partial charge on any atom is -0.479 e. The summed E-state index contributed by atoms with van der Waals surface area (Å²) in [6, 6.07) is 13.0. The number of aromatic amines is 1. The minimum atomic E-state index is -1.49. The highest BCUT2D eigenvalue weighted by atomic mass is 16.4. The molecule has 0 radical (unpaired) electrons. The molecule has 1 heterocycles. The minimum absolute atomic E-state index is 0.376. The Morgan fingerprint density at radius 3 is 2.56 bits per heavy atom. The predicted octanol–water partition coefficient (Wildman–Crippen LogP) is 2.44. The Labute approximate surface area is 102 Å². The van der Waals surface area contributed by atoms with Crippen LogP contribution in [0.1, 0.15) is 11.7 Å². The van der Waals surface area contributed by atoms with Crippen LogP contribution in [0, 0.1) is 0 Å². The normalized spacial score (nSPS) is 12.9. The summed E-state index contributed by atoms with van der Waals surface area (Å²) in [4.78, 5) is 14.0. The van der Waals surface area contributed by atoms with E-state index in [4.69, 9.17) is 5.11 Å². The number of hydrogen-bond donors (Lipinski definition) is 3. The fourth-order valence-electron chi connectivity index (χ4n) is 2.18. The second-order valence-electron chi connectivity index (χ2n) is 4.22. The number of para-hydroxylation sites is 1. The third kappa shape index (κ3) is 1.55. The third-order valence-electron chi connectivity index (χ3n) is 3.08. The molecule has 0 amide bonds. The molecule has 4 heteroatoms. The van der Waals surface area contributed by atoms with E-state index in [0.29, 0.717) is 5.56 Å². The van der Waals surface area contributed by atoms with E-state index in [9.17, 15) is 9.90 Å². The highest BCUT2D eigenvalue weighted by molar-refractivity contribution is 6.07. The third-order valence-corrected chi connectivity index (χ3v) is 3.08. The van der Waals surface area contributed by atoms with Gasteiger partial charge in [0.05, 0.1) is 0 Å². The SMILES string of the molecule is O=C(O)C(O)c1ccc2c(c1)[nH]c1ccccc12. The van der Waals surface area contributed by atoms with Crippen molar-refractivity contribution in [2.45, 2.75) is 6.10 Å². The molecule has 0 aliphatic carbocycles. The molecule has 0 spiro atoms. The van der Waals surface area contributed by atoms with Crippen molar-refractivity contribution in [3.05, 3.63) is 48.0 Å². The van der Waals surface area contributed by atoms with Gasteiger partial charge in [0.1, 0.15) is 0 Å². The van der Waals surface area contributed by atoms with E-state index in [1.165, 1.54) is 0 Å². The van der Waals surface area contributed by atoms with Gasteiger partial charge in [0.2, 0.25) is 0 Å². The van der Waals surface area contributed by atoms with Gasteiger partial charge in [-0.25, -0.2) is 4.79 Å². The maximum absolute atomic E-state index is 10.7. The number of hydrogen-bond acceptors (Lipinski definition) is 2. The number of fused-ring (bicyclic) bond motifs is 3. The molecule has 3 rings (SSSR count). The zero-order valence-corrected chi connectivity index (χ0v) is 9.42. The van der Waals surface area contributed by atoms with E-state index in [2.05, 4.69) is 4.98 Å². The molecule has 0 saturated heterocycles. The lowest BCUT2D eigenvalue weighted by Crippen LogP contribution is -2.10. The standard InChI is InChI=1S/C14H11NO3/c16-13(14(17)18)8-5-6-10-9-3-1-2-4-11(9)15-12(10)7-8/h1-7,13,15-16H,(H,17,18). The van der Waals surface area contributed by atoms with Crippen LogP contribution in [0.4, 0.5) is 0 Å². The Balaban J connectivity index is 2.24. The number of nitrogens with one attached hydrogen (secondary N) is 1. The Morgan fingerprint density at radius 1 is 1.06 bits per heavy atom. The monoisotopic (exact) mass is 241 g/mol. The first-order valence-corrected chi connectivity index (χ1v) is 5.58. The molecule has 3 N–H and O–H groups in total. The summed E-state index contributed by atoms with van der Waals surface area (Å²) in [6.45, 7) is 0. The van der Waals surface area contributed by atoms with Crippen LogP contribution < -0.4 is 0 Å². The molecule has 0 saturated carbocycles. The Hall–Kier alpha value is -2.33. The summed E-state index contributed by atoms with van der Waals surface area (Å²) in [5, 5.41) is 20.4. The van der Waals surface area contributed by atoms with Crippen molar-refractivity contribution < 1.29 is 15.0 Å². The van der Waals surface area contributed by atoms with Gasteiger partial charge in [-0.2, -0.15) is 0 Å². The molecule has 90 valence electrons. The van der Waals surface area contributed by atoms with Crippen molar-refractivity contribution in [2.24, 2.45) is 0 Å². The van der Waals surface area contributed by atoms with Crippen LogP contribution in [0.15, 0.2) is 42.5 Å². The molecule has 4 nitrogen and oxygen atoms in total. The lowest BCUT2D eigenvalue weighted by atomic mass is 10.1. The van der Waals surface area contributed by atoms with E-state index < -0.39 is 12.1 Å². The highest BCUT2D eigenvalue weighted by Gasteiger charge is 2.16. The molecule has 3 aromatic rings. The van der Waals surface area contributed by atoms with Crippen molar-refractivity contribution >= 4 is 27.8 Å². The summed E-state index contributed by atoms with van der Waals surface area (Å²) in [5.74, 6) is -1.24. The molecule has 0 aliphatic heterocycles. The number of carbonyl (C=O) groups is 1. The number of aliphatic hydroxyl groups excluding tert-OH is 1. The molecular weight excluding hydrogens is 230 g/mol. The topological polar surface area (TPSA) is 73.3 Å². The first kappa shape index (κ1) is 10.8. The van der Waals surface area contributed by atoms with Crippen LogP contribution in [-0.2, 0) is 4.79 Å². The van der Waals surface area contributed by atoms with Gasteiger partial charge in [0.25, 0.3) is 0 Å². The molecular formula is C14H11NO3. The van der Waals surface area contributed by atoms with Crippen LogP contribution in [0.25, 0.3) is 21.8 Å². The first-order chi connectivity index (χ1) is 8.66. The van der Waals surface area contributed by atoms with Gasteiger partial charge >= 0.3 is 5.97 Å². The quantitative estimate of drug-likeness (QED) is 0.645. The van der Waals surface area contributed by atoms with Gasteiger partial charge in [-0.05, 0) is 17.7 Å². The van der Waals surface area contributed by atoms with Crippen LogP contribution in [-0.4, -0.2) is 21.2 Å². The van der Waals surface area contributed by atoms with Crippen LogP contribution in [0.3, 0.4) is 0 Å². The van der Waals surface area contributed by atoms with Crippen LogP contribution in [0.5, 0.6) is 0 Å². The number of carboxylic acids is 1. The number of H-pyrrole nitrogens is 1. The van der Waals surface area contributed by atoms with Gasteiger partial charge < -0.3 is 15.2 Å². The van der Waals surface area contributed by atoms with Crippen molar-refractivity contribution in [3.8, 4) is 0 Å². The average Bonchev–Trinajstić information content (AvgIpc) is 2.75. The summed E-state index contributed by atoms with van der Waals surface area (Å²) in [5.41, 5.74) is 2.20. The molecule has 1 aromatic heterocycles. The van der Waals surface area contributed by atoms with E-state index >= 15 is 0 Å². The largest absolute Gasteiger partial charge is 0.479 e. The summed E-state index contributed by atoms with van der Waals surface area (Å²) in [6.07, 6.45) is -1.49. The number of benzene rings is 2. The number of aromatic nitrogens is 1. The van der Waals surface area contributed by atoms with Crippen molar-refractivity contribution in [1.82, 2.24) is 4.98 Å². The van der Waals surface area contributed by atoms with E-state index in [0.717, 1.165) is 21.8 Å². The Kier molecular flexibility index (Phi) is 2.31. The van der Waals surface area contributed by atoms with Crippen molar-refractivity contribution in [3.63, 3.8) is 0 Å². The number of rotatable bonds is 2. The summed E-state index contributed by atoms with van der Waals surface area (Å²) >= 11 is 0. The molecule has 18 heavy (non-hydrogen) atoms. The summed E-state index contributed by atoms with van der Waals surface area (Å²) < 4.78 is 0. The maximum Gasteiger partial charge on any atom is 0.337 e. The lowest BCUT2D eigenvalue weighted by molar-refractivity contribution is -0.146.